The van der Waals surface area contributed by atoms with E-state index in [9.17, 15) is 19.2 Å². The Kier molecular flexibility index (Phi) is 5.72. The van der Waals surface area contributed by atoms with E-state index in [1.807, 2.05) is 0 Å². The van der Waals surface area contributed by atoms with Crippen LogP contribution in [0.4, 0.5) is 0 Å². The van der Waals surface area contributed by atoms with Crippen molar-refractivity contribution in [1.29, 1.82) is 0 Å². The van der Waals surface area contributed by atoms with E-state index in [2.05, 4.69) is 0 Å². The molecule has 0 atom stereocenters. The summed E-state index contributed by atoms with van der Waals surface area (Å²) in [6.07, 6.45) is -0.107. The first-order valence-electron chi connectivity index (χ1n) is 9.45. The Labute approximate surface area is 188 Å². The van der Waals surface area contributed by atoms with Crippen molar-refractivity contribution in [2.45, 2.75) is 6.42 Å². The molecule has 0 radical (unpaired) electrons. The Morgan fingerprint density at radius 1 is 0.742 bits per heavy atom. The molecule has 0 unspecified atom stereocenters. The number of imide groups is 1. The Bertz CT molecular complexity index is 1220. The number of carbonyl (C=O) groups is 4. The first-order chi connectivity index (χ1) is 14.9. The van der Waals surface area contributed by atoms with Crippen molar-refractivity contribution in [3.05, 3.63) is 105 Å². The molecule has 1 aliphatic heterocycles. The lowest BCUT2D eigenvalue weighted by atomic mass is 9.95. The molecule has 0 fully saturated rings. The van der Waals surface area contributed by atoms with Crippen LogP contribution in [0, 0.1) is 0 Å². The molecule has 0 aromatic heterocycles. The Hall–Kier alpha value is -3.28. The van der Waals surface area contributed by atoms with Crippen LogP contribution in [-0.2, 0) is 0 Å². The fraction of sp³-hybridized carbons (Fsp3) is 0.0833. The van der Waals surface area contributed by atoms with Crippen molar-refractivity contribution < 1.29 is 19.2 Å². The highest BCUT2D eigenvalue weighted by atomic mass is 35.5. The van der Waals surface area contributed by atoms with Gasteiger partial charge in [-0.05, 0) is 30.3 Å². The average Bonchev–Trinajstić information content (AvgIpc) is 3.01. The summed E-state index contributed by atoms with van der Waals surface area (Å²) < 4.78 is 0. The smallest absolute Gasteiger partial charge is 0.261 e. The highest BCUT2D eigenvalue weighted by Gasteiger charge is 2.35. The van der Waals surface area contributed by atoms with Gasteiger partial charge in [-0.25, -0.2) is 0 Å². The fourth-order valence-corrected chi connectivity index (χ4v) is 4.03. The molecule has 7 heteroatoms. The van der Waals surface area contributed by atoms with Crippen LogP contribution in [0.3, 0.4) is 0 Å². The second-order valence-corrected chi connectivity index (χ2v) is 7.82. The molecular weight excluding hydrogens is 437 g/mol. The first kappa shape index (κ1) is 21.0. The second-order valence-electron chi connectivity index (χ2n) is 6.98. The maximum Gasteiger partial charge on any atom is 0.261 e. The summed E-state index contributed by atoms with van der Waals surface area (Å²) in [5, 5.41) is 0.581. The van der Waals surface area contributed by atoms with Crippen molar-refractivity contribution in [2.75, 3.05) is 6.54 Å². The van der Waals surface area contributed by atoms with E-state index in [-0.39, 0.29) is 40.5 Å². The van der Waals surface area contributed by atoms with Gasteiger partial charge in [0.2, 0.25) is 0 Å². The molecule has 154 valence electrons. The third-order valence-electron chi connectivity index (χ3n) is 5.09. The number of amides is 2. The lowest BCUT2D eigenvalue weighted by molar-refractivity contribution is 0.0649. The van der Waals surface area contributed by atoms with Crippen LogP contribution in [0.5, 0.6) is 0 Å². The van der Waals surface area contributed by atoms with Crippen molar-refractivity contribution in [1.82, 2.24) is 4.90 Å². The van der Waals surface area contributed by atoms with Gasteiger partial charge in [0.15, 0.2) is 11.6 Å². The van der Waals surface area contributed by atoms with E-state index in [4.69, 9.17) is 23.2 Å². The van der Waals surface area contributed by atoms with Crippen LogP contribution >= 0.6 is 23.2 Å². The van der Waals surface area contributed by atoms with E-state index in [0.717, 1.165) is 4.90 Å². The molecule has 0 spiro atoms. The summed E-state index contributed by atoms with van der Waals surface area (Å²) in [4.78, 5) is 52.0. The van der Waals surface area contributed by atoms with Gasteiger partial charge in [0.25, 0.3) is 11.8 Å². The molecule has 0 bridgehead atoms. The second kappa shape index (κ2) is 8.46. The molecule has 2 amide bonds. The number of hydrogen-bond acceptors (Lipinski definition) is 4. The summed E-state index contributed by atoms with van der Waals surface area (Å²) in [7, 11) is 0. The third-order valence-corrected chi connectivity index (χ3v) is 5.64. The number of halogens is 2. The Balaban J connectivity index is 1.55. The number of hydrogen-bond donors (Lipinski definition) is 0. The van der Waals surface area contributed by atoms with Gasteiger partial charge in [0.05, 0.1) is 16.1 Å². The van der Waals surface area contributed by atoms with Gasteiger partial charge in [0, 0.05) is 34.7 Å². The predicted molar refractivity (Wildman–Crippen MR) is 117 cm³/mol. The van der Waals surface area contributed by atoms with Crippen molar-refractivity contribution in [3.63, 3.8) is 0 Å². The first-order valence-corrected chi connectivity index (χ1v) is 10.2. The SMILES string of the molecule is O=C(CCN1C(=O)c2ccccc2C1=O)c1ccccc1C(=O)c1ccc(Cl)cc1Cl. The van der Waals surface area contributed by atoms with Gasteiger partial charge in [-0.3, -0.25) is 24.1 Å². The summed E-state index contributed by atoms with van der Waals surface area (Å²) in [6, 6.07) is 17.4. The Morgan fingerprint density at radius 2 is 1.32 bits per heavy atom. The van der Waals surface area contributed by atoms with Crippen LogP contribution in [0.25, 0.3) is 0 Å². The molecule has 3 aromatic rings. The van der Waals surface area contributed by atoms with E-state index < -0.39 is 17.6 Å². The van der Waals surface area contributed by atoms with Crippen LogP contribution in [0.2, 0.25) is 10.0 Å². The van der Waals surface area contributed by atoms with Crippen LogP contribution in [-0.4, -0.2) is 34.8 Å². The summed E-state index contributed by atoms with van der Waals surface area (Å²) in [5.41, 5.74) is 1.28. The number of rotatable bonds is 6. The lowest BCUT2D eigenvalue weighted by Crippen LogP contribution is -2.32. The number of ketones is 2. The van der Waals surface area contributed by atoms with Gasteiger partial charge in [-0.15, -0.1) is 0 Å². The minimum absolute atomic E-state index is 0.0740. The summed E-state index contributed by atoms with van der Waals surface area (Å²) >= 11 is 12.1. The van der Waals surface area contributed by atoms with E-state index >= 15 is 0 Å². The fourth-order valence-electron chi connectivity index (χ4n) is 3.53. The number of carbonyl (C=O) groups excluding carboxylic acids is 4. The quantitative estimate of drug-likeness (QED) is 0.386. The van der Waals surface area contributed by atoms with Crippen molar-refractivity contribution in [3.8, 4) is 0 Å². The molecular formula is C24H15Cl2NO4. The highest BCUT2D eigenvalue weighted by Crippen LogP contribution is 2.26. The molecule has 0 aliphatic carbocycles. The average molecular weight is 452 g/mol. The zero-order chi connectivity index (χ0) is 22.1. The maximum atomic E-state index is 13.0. The molecule has 0 saturated carbocycles. The zero-order valence-corrected chi connectivity index (χ0v) is 17.6. The zero-order valence-electron chi connectivity index (χ0n) is 16.1. The van der Waals surface area contributed by atoms with Gasteiger partial charge < -0.3 is 0 Å². The number of fused-ring (bicyclic) bond motifs is 1. The molecule has 31 heavy (non-hydrogen) atoms. The molecule has 3 aromatic carbocycles. The van der Waals surface area contributed by atoms with Gasteiger partial charge in [-0.1, -0.05) is 59.6 Å². The van der Waals surface area contributed by atoms with Gasteiger partial charge >= 0.3 is 0 Å². The standard InChI is InChI=1S/C24H15Cl2NO4/c25-14-9-10-19(20(26)13-14)22(29)16-6-2-1-5-15(16)21(28)11-12-27-23(30)17-7-3-4-8-18(17)24(27)31/h1-10,13H,11-12H2. The molecule has 1 heterocycles. The van der Waals surface area contributed by atoms with Crippen molar-refractivity contribution >= 4 is 46.6 Å². The summed E-state index contributed by atoms with van der Waals surface area (Å²) in [6.45, 7) is -0.0740. The number of benzene rings is 3. The van der Waals surface area contributed by atoms with E-state index in [1.165, 1.54) is 12.1 Å². The van der Waals surface area contributed by atoms with Crippen LogP contribution in [0.1, 0.15) is 53.4 Å². The Morgan fingerprint density at radius 3 is 1.94 bits per heavy atom. The maximum absolute atomic E-state index is 13.0. The largest absolute Gasteiger partial charge is 0.294 e. The minimum Gasteiger partial charge on any atom is -0.294 e. The molecule has 0 N–H and O–H groups in total. The monoisotopic (exact) mass is 451 g/mol. The summed E-state index contributed by atoms with van der Waals surface area (Å²) in [5.74, 6) is -1.62. The van der Waals surface area contributed by atoms with Crippen LogP contribution in [0.15, 0.2) is 66.7 Å². The minimum atomic E-state index is -0.425. The predicted octanol–water partition coefficient (Wildman–Crippen LogP) is 5.09. The van der Waals surface area contributed by atoms with Gasteiger partial charge in [-0.2, -0.15) is 0 Å². The number of Topliss-reactive ketones (excluding diaryl/α,β-unsaturated/α-hetero) is 1. The van der Waals surface area contributed by atoms with E-state index in [1.54, 1.807) is 54.6 Å². The normalized spacial score (nSPS) is 12.8. The van der Waals surface area contributed by atoms with Crippen LogP contribution < -0.4 is 0 Å². The molecule has 0 saturated heterocycles. The van der Waals surface area contributed by atoms with E-state index in [0.29, 0.717) is 16.1 Å². The number of nitrogens with zero attached hydrogens (tertiary/aromatic N) is 1. The molecule has 1 aliphatic rings. The highest BCUT2D eigenvalue weighted by molar-refractivity contribution is 6.37. The molecule has 5 nitrogen and oxygen atoms in total. The third kappa shape index (κ3) is 3.90. The topological polar surface area (TPSA) is 71.5 Å². The molecule has 4 rings (SSSR count). The lowest BCUT2D eigenvalue weighted by Gasteiger charge is -2.14. The van der Waals surface area contributed by atoms with Crippen molar-refractivity contribution in [2.24, 2.45) is 0 Å². The van der Waals surface area contributed by atoms with Gasteiger partial charge in [0.1, 0.15) is 0 Å².